The Morgan fingerprint density at radius 3 is 2.80 bits per heavy atom. The SMILES string of the molecule is Cc1cccc(Cn2c(C)n[nH]c2=S)c1. The topological polar surface area (TPSA) is 33.6 Å². The molecule has 1 aromatic heterocycles. The van der Waals surface area contributed by atoms with Crippen molar-refractivity contribution in [1.82, 2.24) is 14.8 Å². The van der Waals surface area contributed by atoms with E-state index in [0.29, 0.717) is 4.77 Å². The van der Waals surface area contributed by atoms with Crippen molar-refractivity contribution in [2.24, 2.45) is 0 Å². The maximum absolute atomic E-state index is 5.15. The number of H-pyrrole nitrogens is 1. The third-order valence-corrected chi connectivity index (χ3v) is 2.68. The molecule has 0 saturated heterocycles. The van der Waals surface area contributed by atoms with Crippen molar-refractivity contribution in [1.29, 1.82) is 0 Å². The fourth-order valence-corrected chi connectivity index (χ4v) is 1.82. The third-order valence-electron chi connectivity index (χ3n) is 2.37. The Morgan fingerprint density at radius 1 is 1.40 bits per heavy atom. The summed E-state index contributed by atoms with van der Waals surface area (Å²) in [5.41, 5.74) is 2.51. The lowest BCUT2D eigenvalue weighted by Crippen LogP contribution is -2.02. The Hall–Kier alpha value is -1.42. The van der Waals surface area contributed by atoms with E-state index in [0.717, 1.165) is 12.4 Å². The molecule has 1 heterocycles. The number of aromatic nitrogens is 3. The third kappa shape index (κ3) is 2.15. The number of nitrogens with one attached hydrogen (secondary N) is 1. The summed E-state index contributed by atoms with van der Waals surface area (Å²) in [5.74, 6) is 0.918. The molecule has 3 nitrogen and oxygen atoms in total. The Bertz CT molecular complexity index is 525. The van der Waals surface area contributed by atoms with E-state index < -0.39 is 0 Å². The van der Waals surface area contributed by atoms with Crippen molar-refractivity contribution in [3.05, 3.63) is 46.0 Å². The van der Waals surface area contributed by atoms with Gasteiger partial charge in [0.1, 0.15) is 5.82 Å². The number of nitrogens with zero attached hydrogens (tertiary/aromatic N) is 2. The van der Waals surface area contributed by atoms with Gasteiger partial charge in [0.15, 0.2) is 4.77 Å². The average molecular weight is 219 g/mol. The zero-order chi connectivity index (χ0) is 10.8. The summed E-state index contributed by atoms with van der Waals surface area (Å²) in [6.07, 6.45) is 0. The van der Waals surface area contributed by atoms with Crippen LogP contribution in [0, 0.1) is 18.6 Å². The molecule has 0 aliphatic carbocycles. The second kappa shape index (κ2) is 3.98. The Balaban J connectivity index is 2.33. The summed E-state index contributed by atoms with van der Waals surface area (Å²) in [4.78, 5) is 0. The minimum absolute atomic E-state index is 0.675. The van der Waals surface area contributed by atoms with E-state index in [1.165, 1.54) is 11.1 Å². The highest BCUT2D eigenvalue weighted by Gasteiger charge is 2.01. The van der Waals surface area contributed by atoms with Gasteiger partial charge in [-0.05, 0) is 31.6 Å². The van der Waals surface area contributed by atoms with E-state index in [4.69, 9.17) is 12.2 Å². The lowest BCUT2D eigenvalue weighted by molar-refractivity contribution is 0.750. The van der Waals surface area contributed by atoms with Gasteiger partial charge in [0.2, 0.25) is 0 Å². The van der Waals surface area contributed by atoms with Gasteiger partial charge in [-0.25, -0.2) is 0 Å². The van der Waals surface area contributed by atoms with Gasteiger partial charge in [0, 0.05) is 0 Å². The molecule has 0 aliphatic heterocycles. The van der Waals surface area contributed by atoms with Crippen LogP contribution in [0.5, 0.6) is 0 Å². The van der Waals surface area contributed by atoms with Gasteiger partial charge in [-0.2, -0.15) is 5.10 Å². The maximum atomic E-state index is 5.15. The minimum atomic E-state index is 0.675. The Labute approximate surface area is 93.8 Å². The number of benzene rings is 1. The van der Waals surface area contributed by atoms with E-state index in [2.05, 4.69) is 41.4 Å². The van der Waals surface area contributed by atoms with Gasteiger partial charge in [-0.1, -0.05) is 29.8 Å². The molecule has 2 rings (SSSR count). The van der Waals surface area contributed by atoms with Gasteiger partial charge >= 0.3 is 0 Å². The number of hydrogen-bond acceptors (Lipinski definition) is 2. The summed E-state index contributed by atoms with van der Waals surface area (Å²) in [7, 11) is 0. The predicted molar refractivity (Wildman–Crippen MR) is 62.4 cm³/mol. The van der Waals surface area contributed by atoms with E-state index in [1.54, 1.807) is 0 Å². The second-order valence-corrected chi connectivity index (χ2v) is 4.04. The molecule has 0 amide bonds. The summed E-state index contributed by atoms with van der Waals surface area (Å²) < 4.78 is 2.67. The zero-order valence-corrected chi connectivity index (χ0v) is 9.64. The average Bonchev–Trinajstić information content (AvgIpc) is 2.50. The van der Waals surface area contributed by atoms with Crippen LogP contribution in [-0.2, 0) is 6.54 Å². The summed E-state index contributed by atoms with van der Waals surface area (Å²) >= 11 is 5.15. The summed E-state index contributed by atoms with van der Waals surface area (Å²) in [6.45, 7) is 4.82. The van der Waals surface area contributed by atoms with Crippen LogP contribution >= 0.6 is 12.2 Å². The molecule has 1 N–H and O–H groups in total. The molecule has 0 fully saturated rings. The van der Waals surface area contributed by atoms with Crippen LogP contribution in [0.25, 0.3) is 0 Å². The Kier molecular flexibility index (Phi) is 2.68. The van der Waals surface area contributed by atoms with Crippen LogP contribution in [0.2, 0.25) is 0 Å². The minimum Gasteiger partial charge on any atom is -0.300 e. The largest absolute Gasteiger partial charge is 0.300 e. The van der Waals surface area contributed by atoms with E-state index >= 15 is 0 Å². The number of aromatic amines is 1. The smallest absolute Gasteiger partial charge is 0.195 e. The molecule has 0 unspecified atom stereocenters. The van der Waals surface area contributed by atoms with Crippen molar-refractivity contribution in [2.45, 2.75) is 20.4 Å². The molecule has 1 aromatic carbocycles. The molecular formula is C11H13N3S. The molecule has 2 aromatic rings. The van der Waals surface area contributed by atoms with Crippen LogP contribution in [-0.4, -0.2) is 14.8 Å². The lowest BCUT2D eigenvalue weighted by Gasteiger charge is -2.04. The fraction of sp³-hybridized carbons (Fsp3) is 0.273. The van der Waals surface area contributed by atoms with Crippen LogP contribution in [0.15, 0.2) is 24.3 Å². The number of aryl methyl sites for hydroxylation is 2. The lowest BCUT2D eigenvalue weighted by atomic mass is 10.1. The van der Waals surface area contributed by atoms with Crippen LogP contribution in [0.1, 0.15) is 17.0 Å². The number of rotatable bonds is 2. The molecule has 0 aliphatic rings. The van der Waals surface area contributed by atoms with Gasteiger partial charge < -0.3 is 0 Å². The summed E-state index contributed by atoms with van der Waals surface area (Å²) in [6, 6.07) is 8.41. The van der Waals surface area contributed by atoms with E-state index in [-0.39, 0.29) is 0 Å². The first-order chi connectivity index (χ1) is 7.16. The second-order valence-electron chi connectivity index (χ2n) is 3.65. The molecule has 4 heteroatoms. The van der Waals surface area contributed by atoms with E-state index in [1.807, 2.05) is 11.5 Å². The molecule has 15 heavy (non-hydrogen) atoms. The summed E-state index contributed by atoms with van der Waals surface area (Å²) in [5, 5.41) is 6.87. The van der Waals surface area contributed by atoms with Crippen LogP contribution in [0.4, 0.5) is 0 Å². The molecule has 0 atom stereocenters. The van der Waals surface area contributed by atoms with E-state index in [9.17, 15) is 0 Å². The van der Waals surface area contributed by atoms with Gasteiger partial charge in [-0.3, -0.25) is 9.67 Å². The first-order valence-corrected chi connectivity index (χ1v) is 5.25. The standard InChI is InChI=1S/C11H13N3S/c1-8-4-3-5-10(6-8)7-14-9(2)12-13-11(14)15/h3-6H,7H2,1-2H3,(H,13,15). The number of hydrogen-bond donors (Lipinski definition) is 1. The highest BCUT2D eigenvalue weighted by molar-refractivity contribution is 7.71. The van der Waals surface area contributed by atoms with Gasteiger partial charge in [0.05, 0.1) is 6.54 Å². The quantitative estimate of drug-likeness (QED) is 0.788. The highest BCUT2D eigenvalue weighted by atomic mass is 32.1. The van der Waals surface area contributed by atoms with Crippen molar-refractivity contribution >= 4 is 12.2 Å². The van der Waals surface area contributed by atoms with Crippen LogP contribution < -0.4 is 0 Å². The van der Waals surface area contributed by atoms with Gasteiger partial charge in [-0.15, -0.1) is 0 Å². The molecule has 0 saturated carbocycles. The zero-order valence-electron chi connectivity index (χ0n) is 8.82. The monoisotopic (exact) mass is 219 g/mol. The molecule has 0 radical (unpaired) electrons. The van der Waals surface area contributed by atoms with Crippen molar-refractivity contribution < 1.29 is 0 Å². The van der Waals surface area contributed by atoms with Crippen molar-refractivity contribution in [2.75, 3.05) is 0 Å². The van der Waals surface area contributed by atoms with Crippen LogP contribution in [0.3, 0.4) is 0 Å². The normalized spacial score (nSPS) is 10.5. The molecule has 78 valence electrons. The van der Waals surface area contributed by atoms with Crippen molar-refractivity contribution in [3.8, 4) is 0 Å². The highest BCUT2D eigenvalue weighted by Crippen LogP contribution is 2.07. The molecular weight excluding hydrogens is 206 g/mol. The maximum Gasteiger partial charge on any atom is 0.195 e. The first-order valence-electron chi connectivity index (χ1n) is 4.84. The molecule has 0 spiro atoms. The fourth-order valence-electron chi connectivity index (χ4n) is 1.58. The first kappa shape index (κ1) is 10.1. The molecule has 0 bridgehead atoms. The van der Waals surface area contributed by atoms with Crippen molar-refractivity contribution in [3.63, 3.8) is 0 Å². The van der Waals surface area contributed by atoms with Gasteiger partial charge in [0.25, 0.3) is 0 Å². The predicted octanol–water partition coefficient (Wildman–Crippen LogP) is 2.61. The Morgan fingerprint density at radius 2 is 2.20 bits per heavy atom.